The van der Waals surface area contributed by atoms with Crippen LogP contribution in [0.1, 0.15) is 0 Å². The van der Waals surface area contributed by atoms with Crippen LogP contribution in [0.2, 0.25) is 0 Å². The standard InChI is InChI=1S/C13H9F2NO6S/c1-21-12-5-3-9(16(17)18)7-13(12)23(19,20)22-11-4-2-8(14)6-10(11)15/h2-7H,1H3. The van der Waals surface area contributed by atoms with Gasteiger partial charge in [0.1, 0.15) is 11.6 Å². The molecule has 0 aromatic heterocycles. The van der Waals surface area contributed by atoms with Crippen LogP contribution in [-0.4, -0.2) is 20.5 Å². The maximum absolute atomic E-state index is 13.5. The molecule has 0 aliphatic heterocycles. The number of nitro groups is 1. The van der Waals surface area contributed by atoms with Crippen LogP contribution in [-0.2, 0) is 10.1 Å². The summed E-state index contributed by atoms with van der Waals surface area (Å²) in [6, 6.07) is 4.85. The third-order valence-corrected chi connectivity index (χ3v) is 3.98. The fraction of sp³-hybridized carbons (Fsp3) is 0.0769. The summed E-state index contributed by atoms with van der Waals surface area (Å²) in [6.45, 7) is 0. The number of rotatable bonds is 5. The van der Waals surface area contributed by atoms with E-state index in [1.54, 1.807) is 0 Å². The van der Waals surface area contributed by atoms with E-state index in [9.17, 15) is 27.3 Å². The van der Waals surface area contributed by atoms with Crippen molar-refractivity contribution < 1.29 is 31.0 Å². The highest BCUT2D eigenvalue weighted by molar-refractivity contribution is 7.87. The number of ether oxygens (including phenoxy) is 1. The van der Waals surface area contributed by atoms with E-state index in [0.717, 1.165) is 37.4 Å². The minimum atomic E-state index is -4.64. The Morgan fingerprint density at radius 2 is 1.74 bits per heavy atom. The average Bonchev–Trinajstić information content (AvgIpc) is 2.49. The molecule has 2 aromatic carbocycles. The lowest BCUT2D eigenvalue weighted by molar-refractivity contribution is -0.385. The molecule has 0 amide bonds. The molecule has 2 rings (SSSR count). The molecular weight excluding hydrogens is 336 g/mol. The lowest BCUT2D eigenvalue weighted by Crippen LogP contribution is -2.12. The summed E-state index contributed by atoms with van der Waals surface area (Å²) in [6.07, 6.45) is 0. The fourth-order valence-electron chi connectivity index (χ4n) is 1.68. The van der Waals surface area contributed by atoms with Gasteiger partial charge in [-0.1, -0.05) is 0 Å². The van der Waals surface area contributed by atoms with Crippen LogP contribution in [0.5, 0.6) is 11.5 Å². The second-order valence-electron chi connectivity index (χ2n) is 4.20. The lowest BCUT2D eigenvalue weighted by Gasteiger charge is -2.11. The van der Waals surface area contributed by atoms with E-state index in [1.165, 1.54) is 0 Å². The highest BCUT2D eigenvalue weighted by Gasteiger charge is 2.26. The van der Waals surface area contributed by atoms with E-state index < -0.39 is 43.0 Å². The molecule has 0 unspecified atom stereocenters. The van der Waals surface area contributed by atoms with E-state index in [1.807, 2.05) is 0 Å². The highest BCUT2D eigenvalue weighted by atomic mass is 32.2. The zero-order valence-corrected chi connectivity index (χ0v) is 12.3. The van der Waals surface area contributed by atoms with Crippen LogP contribution < -0.4 is 8.92 Å². The second-order valence-corrected chi connectivity index (χ2v) is 5.72. The van der Waals surface area contributed by atoms with Gasteiger partial charge in [-0.3, -0.25) is 10.1 Å². The van der Waals surface area contributed by atoms with Gasteiger partial charge >= 0.3 is 10.1 Å². The second kappa shape index (κ2) is 6.16. The molecule has 122 valence electrons. The van der Waals surface area contributed by atoms with Crippen molar-refractivity contribution in [3.8, 4) is 11.5 Å². The molecule has 0 atom stereocenters. The molecule has 23 heavy (non-hydrogen) atoms. The van der Waals surface area contributed by atoms with E-state index in [2.05, 4.69) is 4.18 Å². The van der Waals surface area contributed by atoms with Crippen molar-refractivity contribution in [1.29, 1.82) is 0 Å². The van der Waals surface area contributed by atoms with Crippen LogP contribution in [0.4, 0.5) is 14.5 Å². The van der Waals surface area contributed by atoms with Gasteiger partial charge in [0.15, 0.2) is 16.5 Å². The first-order chi connectivity index (χ1) is 10.7. The molecule has 0 N–H and O–H groups in total. The van der Waals surface area contributed by atoms with E-state index >= 15 is 0 Å². The van der Waals surface area contributed by atoms with Gasteiger partial charge in [-0.15, -0.1) is 0 Å². The van der Waals surface area contributed by atoms with Gasteiger partial charge in [-0.05, 0) is 18.2 Å². The largest absolute Gasteiger partial charge is 0.495 e. The highest BCUT2D eigenvalue weighted by Crippen LogP contribution is 2.31. The summed E-state index contributed by atoms with van der Waals surface area (Å²) in [4.78, 5) is 9.29. The Bertz CT molecular complexity index is 869. The Kier molecular flexibility index (Phi) is 4.45. The summed E-state index contributed by atoms with van der Waals surface area (Å²) in [7, 11) is -3.49. The fourth-order valence-corrected chi connectivity index (χ4v) is 2.80. The smallest absolute Gasteiger partial charge is 0.343 e. The first-order valence-corrected chi connectivity index (χ1v) is 7.37. The summed E-state index contributed by atoms with van der Waals surface area (Å²) < 4.78 is 60.2. The Balaban J connectivity index is 2.50. The lowest BCUT2D eigenvalue weighted by atomic mass is 10.3. The van der Waals surface area contributed by atoms with Gasteiger partial charge in [-0.25, -0.2) is 8.78 Å². The van der Waals surface area contributed by atoms with Crippen molar-refractivity contribution in [2.75, 3.05) is 7.11 Å². The van der Waals surface area contributed by atoms with E-state index in [0.29, 0.717) is 6.07 Å². The predicted octanol–water partition coefficient (Wildman–Crippen LogP) is 2.65. The van der Waals surface area contributed by atoms with Crippen LogP contribution in [0, 0.1) is 21.7 Å². The number of hydrogen-bond donors (Lipinski definition) is 0. The zero-order valence-electron chi connectivity index (χ0n) is 11.5. The summed E-state index contributed by atoms with van der Waals surface area (Å²) >= 11 is 0. The summed E-state index contributed by atoms with van der Waals surface area (Å²) in [5, 5.41) is 10.8. The van der Waals surface area contributed by atoms with Crippen molar-refractivity contribution >= 4 is 15.8 Å². The van der Waals surface area contributed by atoms with Crippen molar-refractivity contribution in [2.24, 2.45) is 0 Å². The molecule has 7 nitrogen and oxygen atoms in total. The number of hydrogen-bond acceptors (Lipinski definition) is 6. The monoisotopic (exact) mass is 345 g/mol. The predicted molar refractivity (Wildman–Crippen MR) is 73.8 cm³/mol. The normalized spacial score (nSPS) is 11.1. The van der Waals surface area contributed by atoms with Gasteiger partial charge < -0.3 is 8.92 Å². The minimum Gasteiger partial charge on any atom is -0.495 e. The number of nitrogens with zero attached hydrogens (tertiary/aromatic N) is 1. The van der Waals surface area contributed by atoms with Crippen molar-refractivity contribution in [3.63, 3.8) is 0 Å². The maximum atomic E-state index is 13.5. The molecule has 0 fully saturated rings. The number of benzene rings is 2. The molecule has 0 aliphatic carbocycles. The minimum absolute atomic E-state index is 0.224. The Morgan fingerprint density at radius 3 is 2.30 bits per heavy atom. The molecule has 2 aromatic rings. The van der Waals surface area contributed by atoms with Crippen molar-refractivity contribution in [1.82, 2.24) is 0 Å². The molecule has 0 saturated heterocycles. The molecule has 0 aliphatic rings. The quantitative estimate of drug-likeness (QED) is 0.470. The van der Waals surface area contributed by atoms with Gasteiger partial charge in [-0.2, -0.15) is 8.42 Å². The SMILES string of the molecule is COc1ccc([N+](=O)[O-])cc1S(=O)(=O)Oc1ccc(F)cc1F. The Morgan fingerprint density at radius 1 is 1.09 bits per heavy atom. The molecule has 0 spiro atoms. The average molecular weight is 345 g/mol. The maximum Gasteiger partial charge on any atom is 0.343 e. The zero-order chi connectivity index (χ0) is 17.2. The van der Waals surface area contributed by atoms with Crippen LogP contribution >= 0.6 is 0 Å². The summed E-state index contributed by atoms with van der Waals surface area (Å²) in [5.74, 6) is -3.13. The molecule has 0 saturated carbocycles. The van der Waals surface area contributed by atoms with Crippen LogP contribution in [0.15, 0.2) is 41.3 Å². The van der Waals surface area contributed by atoms with Crippen LogP contribution in [0.25, 0.3) is 0 Å². The van der Waals surface area contributed by atoms with Crippen LogP contribution in [0.3, 0.4) is 0 Å². The van der Waals surface area contributed by atoms with Crippen molar-refractivity contribution in [3.05, 3.63) is 58.1 Å². The number of non-ortho nitro benzene ring substituents is 1. The van der Waals surface area contributed by atoms with E-state index in [4.69, 9.17) is 4.74 Å². The third kappa shape index (κ3) is 3.54. The molecule has 0 bridgehead atoms. The van der Waals surface area contributed by atoms with E-state index in [-0.39, 0.29) is 5.75 Å². The molecular formula is C13H9F2NO6S. The third-order valence-electron chi connectivity index (χ3n) is 2.72. The van der Waals surface area contributed by atoms with Gasteiger partial charge in [0.25, 0.3) is 5.69 Å². The first kappa shape index (κ1) is 16.6. The van der Waals surface area contributed by atoms with Gasteiger partial charge in [0.05, 0.1) is 12.0 Å². The first-order valence-electron chi connectivity index (χ1n) is 5.96. The Hall–Kier alpha value is -2.75. The van der Waals surface area contributed by atoms with Gasteiger partial charge in [0, 0.05) is 18.2 Å². The summed E-state index contributed by atoms with van der Waals surface area (Å²) in [5.41, 5.74) is -0.521. The van der Waals surface area contributed by atoms with Gasteiger partial charge in [0.2, 0.25) is 0 Å². The molecule has 0 radical (unpaired) electrons. The topological polar surface area (TPSA) is 95.7 Å². The number of methoxy groups -OCH3 is 1. The molecule has 10 heteroatoms. The Labute approximate surface area is 129 Å². The number of nitro benzene ring substituents is 1. The van der Waals surface area contributed by atoms with Crippen molar-refractivity contribution in [2.45, 2.75) is 4.90 Å². The molecule has 0 heterocycles. The number of halogens is 2.